The quantitative estimate of drug-likeness (QED) is 0.828. The van der Waals surface area contributed by atoms with Crippen molar-refractivity contribution in [3.63, 3.8) is 0 Å². The van der Waals surface area contributed by atoms with E-state index in [9.17, 15) is 9.90 Å². The smallest absolute Gasteiger partial charge is 0.318 e. The molecule has 1 saturated heterocycles. The fourth-order valence-corrected chi connectivity index (χ4v) is 2.03. The molecule has 4 nitrogen and oxygen atoms in total. The topological polar surface area (TPSA) is 55.8 Å². The van der Waals surface area contributed by atoms with E-state index in [0.29, 0.717) is 0 Å². The maximum absolute atomic E-state index is 11.4. The third-order valence-electron chi connectivity index (χ3n) is 3.27. The summed E-state index contributed by atoms with van der Waals surface area (Å²) in [6.07, 6.45) is 1.64. The molecule has 0 aromatic heterocycles. The highest BCUT2D eigenvalue weighted by Crippen LogP contribution is 2.34. The van der Waals surface area contributed by atoms with E-state index in [1.807, 2.05) is 31.2 Å². The van der Waals surface area contributed by atoms with Crippen molar-refractivity contribution >= 4 is 11.5 Å². The van der Waals surface area contributed by atoms with E-state index >= 15 is 0 Å². The van der Waals surface area contributed by atoms with Crippen LogP contribution in [0.4, 0.5) is 0 Å². The Labute approximate surface area is 106 Å². The van der Waals surface area contributed by atoms with Crippen molar-refractivity contribution in [1.82, 2.24) is 0 Å². The Morgan fingerprint density at radius 1 is 1.50 bits per heavy atom. The van der Waals surface area contributed by atoms with Gasteiger partial charge in [-0.2, -0.15) is 0 Å². The minimum Gasteiger partial charge on any atom is -0.504 e. The first kappa shape index (κ1) is 12.6. The molecule has 18 heavy (non-hydrogen) atoms. The molecule has 1 heterocycles. The first-order valence-electron chi connectivity index (χ1n) is 5.72. The van der Waals surface area contributed by atoms with Gasteiger partial charge in [-0.15, -0.1) is 0 Å². The van der Waals surface area contributed by atoms with Crippen LogP contribution in [-0.4, -0.2) is 31.4 Å². The van der Waals surface area contributed by atoms with Crippen LogP contribution in [-0.2, 0) is 19.7 Å². The molecular weight excluding hydrogens is 232 g/mol. The number of carbonyl (C=O) groups is 1. The lowest BCUT2D eigenvalue weighted by Crippen LogP contribution is -2.53. The standard InChI is InChI=1S/C14H16O4/c1-10(7-17-2)11-4-3-5-12(6-11)14(13(15)16)8-18-9-14/h3-7H,8-9H2,1-2H3,(H,15,16). The van der Waals surface area contributed by atoms with E-state index in [1.54, 1.807) is 13.4 Å². The van der Waals surface area contributed by atoms with Crippen molar-refractivity contribution in [3.05, 3.63) is 41.7 Å². The maximum Gasteiger partial charge on any atom is 0.318 e. The molecule has 1 fully saturated rings. The summed E-state index contributed by atoms with van der Waals surface area (Å²) < 4.78 is 10.0. The number of rotatable bonds is 4. The molecule has 1 aliphatic heterocycles. The molecule has 0 amide bonds. The molecule has 2 rings (SSSR count). The van der Waals surface area contributed by atoms with Gasteiger partial charge in [0.05, 0.1) is 26.6 Å². The van der Waals surface area contributed by atoms with Crippen molar-refractivity contribution in [2.24, 2.45) is 0 Å². The molecule has 1 N–H and O–H groups in total. The Hall–Kier alpha value is -1.81. The fourth-order valence-electron chi connectivity index (χ4n) is 2.03. The van der Waals surface area contributed by atoms with Crippen molar-refractivity contribution in [2.75, 3.05) is 20.3 Å². The molecular formula is C14H16O4. The van der Waals surface area contributed by atoms with Gasteiger partial charge in [0.25, 0.3) is 0 Å². The molecule has 1 aliphatic rings. The zero-order valence-corrected chi connectivity index (χ0v) is 10.5. The number of ether oxygens (including phenoxy) is 2. The molecule has 0 radical (unpaired) electrons. The predicted octanol–water partition coefficient (Wildman–Crippen LogP) is 2.05. The van der Waals surface area contributed by atoms with Gasteiger partial charge >= 0.3 is 5.97 Å². The lowest BCUT2D eigenvalue weighted by atomic mass is 9.78. The molecule has 0 spiro atoms. The Bertz CT molecular complexity index is 486. The van der Waals surface area contributed by atoms with Gasteiger partial charge in [0.2, 0.25) is 0 Å². The van der Waals surface area contributed by atoms with E-state index in [2.05, 4.69) is 0 Å². The molecule has 0 saturated carbocycles. The van der Waals surface area contributed by atoms with Crippen molar-refractivity contribution in [3.8, 4) is 0 Å². The maximum atomic E-state index is 11.4. The Kier molecular flexibility index (Phi) is 3.39. The third kappa shape index (κ3) is 1.99. The molecule has 4 heteroatoms. The monoisotopic (exact) mass is 248 g/mol. The Morgan fingerprint density at radius 3 is 2.72 bits per heavy atom. The van der Waals surface area contributed by atoms with Gasteiger partial charge in [0.15, 0.2) is 0 Å². The second-order valence-electron chi connectivity index (χ2n) is 4.50. The largest absolute Gasteiger partial charge is 0.504 e. The molecule has 0 unspecified atom stereocenters. The van der Waals surface area contributed by atoms with Crippen LogP contribution >= 0.6 is 0 Å². The minimum absolute atomic E-state index is 0.235. The summed E-state index contributed by atoms with van der Waals surface area (Å²) in [6, 6.07) is 7.52. The number of benzene rings is 1. The van der Waals surface area contributed by atoms with E-state index in [4.69, 9.17) is 9.47 Å². The first-order chi connectivity index (χ1) is 8.60. The van der Waals surface area contributed by atoms with Crippen LogP contribution in [0.3, 0.4) is 0 Å². The van der Waals surface area contributed by atoms with Gasteiger partial charge in [0.1, 0.15) is 5.41 Å². The zero-order valence-electron chi connectivity index (χ0n) is 10.5. The summed E-state index contributed by atoms with van der Waals surface area (Å²) >= 11 is 0. The molecule has 1 aromatic rings. The molecule has 96 valence electrons. The molecule has 1 aromatic carbocycles. The number of methoxy groups -OCH3 is 1. The number of aliphatic carboxylic acids is 1. The van der Waals surface area contributed by atoms with E-state index in [1.165, 1.54) is 0 Å². The highest BCUT2D eigenvalue weighted by Gasteiger charge is 2.47. The van der Waals surface area contributed by atoms with Gasteiger partial charge in [-0.1, -0.05) is 24.3 Å². The van der Waals surface area contributed by atoms with Crippen molar-refractivity contribution in [1.29, 1.82) is 0 Å². The van der Waals surface area contributed by atoms with Crippen LogP contribution in [0.25, 0.3) is 5.57 Å². The Morgan fingerprint density at radius 2 is 2.22 bits per heavy atom. The van der Waals surface area contributed by atoms with Gasteiger partial charge in [0, 0.05) is 0 Å². The minimum atomic E-state index is -0.886. The van der Waals surface area contributed by atoms with E-state index in [-0.39, 0.29) is 13.2 Å². The second-order valence-corrected chi connectivity index (χ2v) is 4.50. The lowest BCUT2D eigenvalue weighted by Gasteiger charge is -2.37. The van der Waals surface area contributed by atoms with Crippen molar-refractivity contribution in [2.45, 2.75) is 12.3 Å². The van der Waals surface area contributed by atoms with Crippen LogP contribution in [0.15, 0.2) is 30.5 Å². The van der Waals surface area contributed by atoms with E-state index in [0.717, 1.165) is 16.7 Å². The third-order valence-corrected chi connectivity index (χ3v) is 3.27. The molecule has 0 atom stereocenters. The number of carboxylic acid groups (broad SMARTS) is 1. The van der Waals surface area contributed by atoms with Crippen LogP contribution in [0.2, 0.25) is 0 Å². The summed E-state index contributed by atoms with van der Waals surface area (Å²) in [4.78, 5) is 11.4. The van der Waals surface area contributed by atoms with Gasteiger partial charge < -0.3 is 14.6 Å². The number of carboxylic acids is 1. The SMILES string of the molecule is COC=C(C)c1cccc(C2(C(=O)O)COC2)c1. The second kappa shape index (κ2) is 4.82. The number of hydrogen-bond donors (Lipinski definition) is 1. The van der Waals surface area contributed by atoms with Gasteiger partial charge in [-0.3, -0.25) is 4.79 Å². The average Bonchev–Trinajstić information content (AvgIpc) is 2.27. The highest BCUT2D eigenvalue weighted by atomic mass is 16.5. The normalized spacial score (nSPS) is 18.0. The first-order valence-corrected chi connectivity index (χ1v) is 5.72. The van der Waals surface area contributed by atoms with Crippen LogP contribution in [0.1, 0.15) is 18.1 Å². The van der Waals surface area contributed by atoms with Crippen LogP contribution < -0.4 is 0 Å². The summed E-state index contributed by atoms with van der Waals surface area (Å²) in [6.45, 7) is 2.39. The van der Waals surface area contributed by atoms with E-state index < -0.39 is 11.4 Å². The summed E-state index contributed by atoms with van der Waals surface area (Å²) in [7, 11) is 1.59. The highest BCUT2D eigenvalue weighted by molar-refractivity contribution is 5.83. The lowest BCUT2D eigenvalue weighted by molar-refractivity contribution is -0.163. The summed E-state index contributed by atoms with van der Waals surface area (Å²) in [5.41, 5.74) is 1.81. The fraction of sp³-hybridized carbons (Fsp3) is 0.357. The summed E-state index contributed by atoms with van der Waals surface area (Å²) in [5, 5.41) is 9.35. The van der Waals surface area contributed by atoms with Gasteiger partial charge in [-0.25, -0.2) is 0 Å². The zero-order chi connectivity index (χ0) is 13.2. The predicted molar refractivity (Wildman–Crippen MR) is 67.2 cm³/mol. The summed E-state index contributed by atoms with van der Waals surface area (Å²) in [5.74, 6) is -0.834. The molecule has 0 aliphatic carbocycles. The van der Waals surface area contributed by atoms with Crippen molar-refractivity contribution < 1.29 is 19.4 Å². The average molecular weight is 248 g/mol. The van der Waals surface area contributed by atoms with Crippen LogP contribution in [0.5, 0.6) is 0 Å². The molecule has 0 bridgehead atoms. The number of hydrogen-bond acceptors (Lipinski definition) is 3. The van der Waals surface area contributed by atoms with Gasteiger partial charge in [-0.05, 0) is 23.6 Å². The Balaban J connectivity index is 2.38. The van der Waals surface area contributed by atoms with Crippen LogP contribution in [0, 0.1) is 0 Å². The number of allylic oxidation sites excluding steroid dienone is 1.